The van der Waals surface area contributed by atoms with Gasteiger partial charge in [0.15, 0.2) is 23.3 Å². The van der Waals surface area contributed by atoms with Crippen molar-refractivity contribution in [3.8, 4) is 0 Å². The molecule has 9 heteroatoms. The highest BCUT2D eigenvalue weighted by atomic mass is 32.2. The van der Waals surface area contributed by atoms with Crippen molar-refractivity contribution < 1.29 is 26.0 Å². The molecule has 0 saturated heterocycles. The third-order valence-electron chi connectivity index (χ3n) is 2.17. The molecule has 4 nitrogen and oxygen atoms in total. The first-order chi connectivity index (χ1) is 8.78. The summed E-state index contributed by atoms with van der Waals surface area (Å²) in [6.45, 7) is 2.28. The van der Waals surface area contributed by atoms with Crippen LogP contribution in [0.3, 0.4) is 0 Å². The van der Waals surface area contributed by atoms with Crippen molar-refractivity contribution in [3.05, 3.63) is 29.3 Å². The summed E-state index contributed by atoms with van der Waals surface area (Å²) in [7, 11) is -4.11. The quantitative estimate of drug-likeness (QED) is 0.476. The van der Waals surface area contributed by atoms with Gasteiger partial charge >= 0.3 is 0 Å². The van der Waals surface area contributed by atoms with Gasteiger partial charge < -0.3 is 5.32 Å². The molecule has 0 amide bonds. The van der Waals surface area contributed by atoms with Crippen molar-refractivity contribution in [1.82, 2.24) is 5.32 Å². The Balaban J connectivity index is 2.99. The van der Waals surface area contributed by atoms with Crippen molar-refractivity contribution in [2.75, 3.05) is 23.6 Å². The van der Waals surface area contributed by atoms with Gasteiger partial charge in [-0.15, -0.1) is 0 Å². The van der Waals surface area contributed by atoms with Crippen LogP contribution in [0.4, 0.5) is 23.2 Å². The average molecular weight is 300 g/mol. The molecule has 2 N–H and O–H groups in total. The zero-order chi connectivity index (χ0) is 14.6. The normalized spacial score (nSPS) is 11.6. The van der Waals surface area contributed by atoms with E-state index in [1.807, 2.05) is 0 Å². The summed E-state index contributed by atoms with van der Waals surface area (Å²) in [5.74, 6) is -7.42. The largest absolute Gasteiger partial charge is 0.316 e. The topological polar surface area (TPSA) is 58.2 Å². The summed E-state index contributed by atoms with van der Waals surface area (Å²) < 4.78 is 76.7. The van der Waals surface area contributed by atoms with Crippen LogP contribution in [0.2, 0.25) is 0 Å². The van der Waals surface area contributed by atoms with Crippen molar-refractivity contribution in [1.29, 1.82) is 0 Å². The lowest BCUT2D eigenvalue weighted by molar-refractivity contribution is 0.459. The lowest BCUT2D eigenvalue weighted by atomic mass is 10.3. The van der Waals surface area contributed by atoms with E-state index in [1.54, 1.807) is 6.92 Å². The predicted molar refractivity (Wildman–Crippen MR) is 62.2 cm³/mol. The Hall–Kier alpha value is -1.35. The molecule has 0 saturated carbocycles. The maximum atomic E-state index is 13.2. The molecule has 0 heterocycles. The van der Waals surface area contributed by atoms with Crippen LogP contribution >= 0.6 is 0 Å². The molecular weight excluding hydrogens is 288 g/mol. The first kappa shape index (κ1) is 15.7. The summed E-state index contributed by atoms with van der Waals surface area (Å²) >= 11 is 0. The fourth-order valence-corrected chi connectivity index (χ4v) is 2.26. The lowest BCUT2D eigenvalue weighted by Crippen LogP contribution is -2.27. The Morgan fingerprint density at radius 2 is 1.63 bits per heavy atom. The van der Waals surface area contributed by atoms with Crippen molar-refractivity contribution in [2.24, 2.45) is 0 Å². The van der Waals surface area contributed by atoms with Crippen LogP contribution in [-0.2, 0) is 10.0 Å². The van der Waals surface area contributed by atoms with E-state index < -0.39 is 44.7 Å². The highest BCUT2D eigenvalue weighted by molar-refractivity contribution is 7.92. The minimum Gasteiger partial charge on any atom is -0.316 e. The average Bonchev–Trinajstić information content (AvgIpc) is 2.32. The summed E-state index contributed by atoms with van der Waals surface area (Å²) in [4.78, 5) is 0. The van der Waals surface area contributed by atoms with Crippen molar-refractivity contribution in [3.63, 3.8) is 0 Å². The van der Waals surface area contributed by atoms with E-state index in [4.69, 9.17) is 0 Å². The van der Waals surface area contributed by atoms with Gasteiger partial charge in [-0.05, 0) is 6.54 Å². The number of sulfonamides is 1. The summed E-state index contributed by atoms with van der Waals surface area (Å²) in [6.07, 6.45) is 0. The second-order valence-electron chi connectivity index (χ2n) is 3.62. The number of halogens is 4. The maximum Gasteiger partial charge on any atom is 0.234 e. The Kier molecular flexibility index (Phi) is 5.12. The molecule has 1 aromatic carbocycles. The number of anilines is 1. The van der Waals surface area contributed by atoms with Gasteiger partial charge in [0, 0.05) is 12.6 Å². The molecule has 0 atom stereocenters. The molecule has 0 aliphatic heterocycles. The molecule has 108 valence electrons. The highest BCUT2D eigenvalue weighted by Gasteiger charge is 2.23. The minimum atomic E-state index is -4.11. The van der Waals surface area contributed by atoms with E-state index in [-0.39, 0.29) is 12.6 Å². The molecule has 0 bridgehead atoms. The smallest absolute Gasteiger partial charge is 0.234 e. The van der Waals surface area contributed by atoms with E-state index in [9.17, 15) is 26.0 Å². The van der Waals surface area contributed by atoms with E-state index >= 15 is 0 Å². The van der Waals surface area contributed by atoms with Crippen LogP contribution in [0.15, 0.2) is 6.07 Å². The fraction of sp³-hybridized carbons (Fsp3) is 0.400. The molecule has 0 aromatic heterocycles. The van der Waals surface area contributed by atoms with Gasteiger partial charge in [-0.1, -0.05) is 6.92 Å². The van der Waals surface area contributed by atoms with Crippen molar-refractivity contribution in [2.45, 2.75) is 6.92 Å². The van der Waals surface area contributed by atoms with Gasteiger partial charge in [0.05, 0.1) is 5.75 Å². The lowest BCUT2D eigenvalue weighted by Gasteiger charge is -2.10. The van der Waals surface area contributed by atoms with Crippen LogP contribution in [0.1, 0.15) is 6.92 Å². The predicted octanol–water partition coefficient (Wildman–Crippen LogP) is 1.59. The Morgan fingerprint density at radius 1 is 1.11 bits per heavy atom. The van der Waals surface area contributed by atoms with Crippen LogP contribution < -0.4 is 10.0 Å². The summed E-state index contributed by atoms with van der Waals surface area (Å²) in [5, 5.41) is 2.69. The summed E-state index contributed by atoms with van der Waals surface area (Å²) in [5.41, 5.74) is -1.35. The molecular formula is C10H12F4N2O2S. The van der Waals surface area contributed by atoms with E-state index in [2.05, 4.69) is 5.32 Å². The number of hydrogen-bond donors (Lipinski definition) is 2. The minimum absolute atomic E-state index is 0.00110. The van der Waals surface area contributed by atoms with Gasteiger partial charge in [0.1, 0.15) is 5.69 Å². The second kappa shape index (κ2) is 6.20. The number of hydrogen-bond acceptors (Lipinski definition) is 3. The first-order valence-electron chi connectivity index (χ1n) is 5.32. The maximum absolute atomic E-state index is 13.2. The van der Waals surface area contributed by atoms with Crippen LogP contribution in [-0.4, -0.2) is 27.3 Å². The zero-order valence-corrected chi connectivity index (χ0v) is 10.8. The highest BCUT2D eigenvalue weighted by Crippen LogP contribution is 2.24. The van der Waals surface area contributed by atoms with Gasteiger partial charge in [-0.3, -0.25) is 4.72 Å². The van der Waals surface area contributed by atoms with Gasteiger partial charge in [-0.25, -0.2) is 26.0 Å². The van der Waals surface area contributed by atoms with Gasteiger partial charge in [-0.2, -0.15) is 0 Å². The zero-order valence-electron chi connectivity index (χ0n) is 9.94. The molecule has 0 aliphatic rings. The first-order valence-corrected chi connectivity index (χ1v) is 6.98. The van der Waals surface area contributed by atoms with E-state index in [0.717, 1.165) is 0 Å². The molecule has 1 aromatic rings. The number of benzene rings is 1. The Morgan fingerprint density at radius 3 is 2.11 bits per heavy atom. The monoisotopic (exact) mass is 300 g/mol. The Bertz CT molecular complexity index is 537. The molecule has 0 fully saturated rings. The SMILES string of the molecule is CCNCCS(=O)(=O)Nc1c(F)c(F)cc(F)c1F. The third kappa shape index (κ3) is 4.06. The Labute approximate surface area is 107 Å². The van der Waals surface area contributed by atoms with Crippen LogP contribution in [0.25, 0.3) is 0 Å². The van der Waals surface area contributed by atoms with Crippen LogP contribution in [0.5, 0.6) is 0 Å². The van der Waals surface area contributed by atoms with Crippen molar-refractivity contribution >= 4 is 15.7 Å². The summed E-state index contributed by atoms with van der Waals surface area (Å²) in [6, 6.07) is 0.00110. The molecule has 1 rings (SSSR count). The van der Waals surface area contributed by atoms with Gasteiger partial charge in [0.25, 0.3) is 0 Å². The molecule has 19 heavy (non-hydrogen) atoms. The van der Waals surface area contributed by atoms with Gasteiger partial charge in [0.2, 0.25) is 10.0 Å². The number of rotatable bonds is 6. The fourth-order valence-electron chi connectivity index (χ4n) is 1.25. The van der Waals surface area contributed by atoms with E-state index in [1.165, 1.54) is 4.72 Å². The molecule has 0 radical (unpaired) electrons. The third-order valence-corrected chi connectivity index (χ3v) is 3.42. The molecule has 0 aliphatic carbocycles. The molecule has 0 spiro atoms. The molecule has 0 unspecified atom stereocenters. The standard InChI is InChI=1S/C10H12F4N2O2S/c1-2-15-3-4-19(17,18)16-10-8(13)6(11)5-7(12)9(10)14/h5,15-16H,2-4H2,1H3. The number of nitrogens with one attached hydrogen (secondary N) is 2. The van der Waals surface area contributed by atoms with E-state index in [0.29, 0.717) is 6.54 Å². The van der Waals surface area contributed by atoms with Crippen LogP contribution in [0, 0.1) is 23.3 Å². The second-order valence-corrected chi connectivity index (χ2v) is 5.46.